The van der Waals surface area contributed by atoms with Crippen molar-refractivity contribution in [1.29, 1.82) is 0 Å². The van der Waals surface area contributed by atoms with Crippen molar-refractivity contribution in [3.05, 3.63) is 46.5 Å². The van der Waals surface area contributed by atoms with E-state index in [9.17, 15) is 18.0 Å². The highest BCUT2D eigenvalue weighted by molar-refractivity contribution is 7.99. The summed E-state index contributed by atoms with van der Waals surface area (Å²) >= 11 is 2.56. The number of fused-ring (bicyclic) bond motifs is 3. The van der Waals surface area contributed by atoms with Crippen molar-refractivity contribution >= 4 is 46.3 Å². The quantitative estimate of drug-likeness (QED) is 0.385. The SMILES string of the molecule is O=C1c2sc(-c3nc(Nc4ccc(N5C[C@H]6C[C@@H]5CN6)cc4C4CC4)ncc3C(F)(F)F)cc2SCCN1C1COC1. The summed E-state index contributed by atoms with van der Waals surface area (Å²) in [6.45, 7) is 3.55. The number of carbonyl (C=O) groups excluding carboxylic acids is 1. The lowest BCUT2D eigenvalue weighted by molar-refractivity contribution is -0.137. The number of alkyl halides is 3. The number of thioether (sulfide) groups is 1. The lowest BCUT2D eigenvalue weighted by Crippen LogP contribution is -2.52. The minimum atomic E-state index is -4.65. The average molecular weight is 615 g/mol. The lowest BCUT2D eigenvalue weighted by Gasteiger charge is -2.36. The normalized spacial score (nSPS) is 24.1. The van der Waals surface area contributed by atoms with Gasteiger partial charge in [0.2, 0.25) is 5.95 Å². The number of piperazine rings is 1. The van der Waals surface area contributed by atoms with Crippen LogP contribution in [-0.2, 0) is 10.9 Å². The Morgan fingerprint density at radius 3 is 2.67 bits per heavy atom. The predicted octanol–water partition coefficient (Wildman–Crippen LogP) is 5.34. The molecular weight excluding hydrogens is 585 g/mol. The minimum Gasteiger partial charge on any atom is -0.377 e. The Labute approximate surface area is 249 Å². The zero-order chi connectivity index (χ0) is 28.6. The Balaban J connectivity index is 1.12. The molecule has 2 N–H and O–H groups in total. The van der Waals surface area contributed by atoms with Crippen LogP contribution in [0.25, 0.3) is 10.6 Å². The molecule has 3 aromatic rings. The van der Waals surface area contributed by atoms with Crippen LogP contribution < -0.4 is 15.5 Å². The second-order valence-corrected chi connectivity index (χ2v) is 13.8. The molecule has 8 nitrogen and oxygen atoms in total. The van der Waals surface area contributed by atoms with Gasteiger partial charge in [-0.15, -0.1) is 23.1 Å². The van der Waals surface area contributed by atoms with E-state index >= 15 is 0 Å². The van der Waals surface area contributed by atoms with Crippen LogP contribution in [0.5, 0.6) is 0 Å². The number of hydrogen-bond acceptors (Lipinski definition) is 9. The second kappa shape index (κ2) is 10.1. The van der Waals surface area contributed by atoms with Crippen LogP contribution in [-0.4, -0.2) is 77.5 Å². The van der Waals surface area contributed by atoms with Crippen LogP contribution in [0.4, 0.5) is 30.5 Å². The molecule has 2 bridgehead atoms. The molecule has 220 valence electrons. The molecule has 1 saturated carbocycles. The van der Waals surface area contributed by atoms with Crippen LogP contribution in [0.1, 0.15) is 46.0 Å². The van der Waals surface area contributed by atoms with Crippen LogP contribution in [0.3, 0.4) is 0 Å². The van der Waals surface area contributed by atoms with Gasteiger partial charge in [0.1, 0.15) is 10.4 Å². The molecule has 2 atom stereocenters. The number of nitrogens with one attached hydrogen (secondary N) is 2. The highest BCUT2D eigenvalue weighted by Gasteiger charge is 2.40. The number of halogens is 3. The lowest BCUT2D eigenvalue weighted by atomic mass is 10.1. The maximum absolute atomic E-state index is 14.2. The summed E-state index contributed by atoms with van der Waals surface area (Å²) in [5.74, 6) is 1.03. The molecule has 1 aliphatic carbocycles. The smallest absolute Gasteiger partial charge is 0.377 e. The van der Waals surface area contributed by atoms with Gasteiger partial charge in [0, 0.05) is 59.9 Å². The van der Waals surface area contributed by atoms with Crippen molar-refractivity contribution in [2.24, 2.45) is 0 Å². The number of amides is 1. The molecule has 8 rings (SSSR count). The molecule has 13 heteroatoms. The molecule has 1 aromatic carbocycles. The molecule has 0 spiro atoms. The van der Waals surface area contributed by atoms with Crippen molar-refractivity contribution in [3.8, 4) is 10.6 Å². The fourth-order valence-corrected chi connectivity index (χ4v) is 8.71. The number of benzene rings is 1. The fourth-order valence-electron chi connectivity index (χ4n) is 6.39. The van der Waals surface area contributed by atoms with Gasteiger partial charge in [0.15, 0.2) is 0 Å². The minimum absolute atomic E-state index is 0.0134. The third-order valence-corrected chi connectivity index (χ3v) is 11.1. The molecule has 3 saturated heterocycles. The van der Waals surface area contributed by atoms with Crippen LogP contribution in [0.15, 0.2) is 35.4 Å². The first-order valence-electron chi connectivity index (χ1n) is 14.3. The third-order valence-electron chi connectivity index (χ3n) is 8.82. The highest BCUT2D eigenvalue weighted by Crippen LogP contribution is 2.47. The number of ether oxygens (including phenoxy) is 1. The second-order valence-electron chi connectivity index (χ2n) is 11.6. The van der Waals surface area contributed by atoms with Crippen molar-refractivity contribution in [3.63, 3.8) is 0 Å². The Morgan fingerprint density at radius 2 is 1.98 bits per heavy atom. The summed E-state index contributed by atoms with van der Waals surface area (Å²) in [5, 5.41) is 6.78. The van der Waals surface area contributed by atoms with Crippen LogP contribution >= 0.6 is 23.1 Å². The molecule has 2 aromatic heterocycles. The van der Waals surface area contributed by atoms with Crippen molar-refractivity contribution in [2.75, 3.05) is 48.8 Å². The van der Waals surface area contributed by atoms with Crippen molar-refractivity contribution in [2.45, 2.75) is 54.4 Å². The van der Waals surface area contributed by atoms with Crippen LogP contribution in [0.2, 0.25) is 0 Å². The maximum atomic E-state index is 14.2. The molecule has 0 unspecified atom stereocenters. The third kappa shape index (κ3) is 4.74. The highest BCUT2D eigenvalue weighted by atomic mass is 32.2. The molecule has 0 radical (unpaired) electrons. The fraction of sp³-hybridized carbons (Fsp3) is 0.483. The summed E-state index contributed by atoms with van der Waals surface area (Å²) < 4.78 is 47.8. The predicted molar refractivity (Wildman–Crippen MR) is 156 cm³/mol. The van der Waals surface area contributed by atoms with E-state index in [1.54, 1.807) is 11.0 Å². The number of nitrogens with zero attached hydrogens (tertiary/aromatic N) is 4. The summed E-state index contributed by atoms with van der Waals surface area (Å²) in [6, 6.07) is 9.04. The largest absolute Gasteiger partial charge is 0.420 e. The van der Waals surface area contributed by atoms with Gasteiger partial charge < -0.3 is 25.2 Å². The maximum Gasteiger partial charge on any atom is 0.420 e. The van der Waals surface area contributed by atoms with Gasteiger partial charge >= 0.3 is 6.18 Å². The van der Waals surface area contributed by atoms with E-state index in [2.05, 4.69) is 37.6 Å². The number of aromatic nitrogens is 2. The van der Waals surface area contributed by atoms with E-state index in [4.69, 9.17) is 4.74 Å². The van der Waals surface area contributed by atoms with Gasteiger partial charge in [-0.1, -0.05) is 0 Å². The van der Waals surface area contributed by atoms with E-state index in [0.29, 0.717) is 58.2 Å². The number of rotatable bonds is 6. The van der Waals surface area contributed by atoms with Gasteiger partial charge in [-0.2, -0.15) is 13.2 Å². The van der Waals surface area contributed by atoms with Gasteiger partial charge in [-0.25, -0.2) is 9.97 Å². The Morgan fingerprint density at radius 1 is 1.12 bits per heavy atom. The molecule has 42 heavy (non-hydrogen) atoms. The summed E-state index contributed by atoms with van der Waals surface area (Å²) in [4.78, 5) is 27.6. The van der Waals surface area contributed by atoms with E-state index in [1.165, 1.54) is 17.4 Å². The summed E-state index contributed by atoms with van der Waals surface area (Å²) in [7, 11) is 0. The Hall–Kier alpha value is -2.87. The van der Waals surface area contributed by atoms with E-state index < -0.39 is 11.7 Å². The zero-order valence-corrected chi connectivity index (χ0v) is 24.2. The van der Waals surface area contributed by atoms with Gasteiger partial charge in [-0.3, -0.25) is 4.79 Å². The van der Waals surface area contributed by atoms with Crippen LogP contribution in [0, 0.1) is 0 Å². The summed E-state index contributed by atoms with van der Waals surface area (Å²) in [6.07, 6.45) is -0.471. The first kappa shape index (κ1) is 26.7. The van der Waals surface area contributed by atoms with E-state index in [1.807, 2.05) is 6.07 Å². The molecule has 6 heterocycles. The Kier molecular flexibility index (Phi) is 6.43. The topological polar surface area (TPSA) is 82.6 Å². The van der Waals surface area contributed by atoms with E-state index in [0.717, 1.165) is 61.1 Å². The van der Waals surface area contributed by atoms with Gasteiger partial charge in [0.05, 0.1) is 29.8 Å². The van der Waals surface area contributed by atoms with Crippen molar-refractivity contribution in [1.82, 2.24) is 20.2 Å². The number of carbonyl (C=O) groups is 1. The first-order chi connectivity index (χ1) is 20.3. The summed E-state index contributed by atoms with van der Waals surface area (Å²) in [5.41, 5.74) is 2.03. The van der Waals surface area contributed by atoms with Crippen molar-refractivity contribution < 1.29 is 22.7 Å². The molecule has 4 aliphatic heterocycles. The number of hydrogen-bond donors (Lipinski definition) is 2. The first-order valence-corrected chi connectivity index (χ1v) is 16.1. The molecule has 4 fully saturated rings. The molecular formula is C29H29F3N6O2S2. The standard InChI is InChI=1S/C29H29F3N6O2S2/c30-29(31,32)21-11-34-28(35-22-4-3-17(8-20(22)15-1-2-15)38-12-16-7-18(38)10-33-16)36-25(21)23-9-24-26(42-23)27(39)37(5-6-41-24)19-13-40-14-19/h3-4,8-9,11,15-16,18-19,33H,1-2,5-7,10,12-14H2,(H,34,35,36)/t16-,18-/m1/s1. The monoisotopic (exact) mass is 614 g/mol. The number of anilines is 3. The average Bonchev–Trinajstić information content (AvgIpc) is 3.39. The van der Waals surface area contributed by atoms with E-state index in [-0.39, 0.29) is 23.6 Å². The number of thiophene rings is 1. The Bertz CT molecular complexity index is 1560. The molecule has 1 amide bonds. The van der Waals surface area contributed by atoms with Gasteiger partial charge in [0.25, 0.3) is 5.91 Å². The van der Waals surface area contributed by atoms with Gasteiger partial charge in [-0.05, 0) is 55.0 Å². The molecule has 5 aliphatic rings. The zero-order valence-electron chi connectivity index (χ0n) is 22.6.